The van der Waals surface area contributed by atoms with E-state index in [0.717, 1.165) is 12.0 Å². The van der Waals surface area contributed by atoms with Crippen molar-refractivity contribution in [2.24, 2.45) is 5.41 Å². The minimum absolute atomic E-state index is 0.0440. The van der Waals surface area contributed by atoms with E-state index in [1.165, 1.54) is 5.56 Å². The lowest BCUT2D eigenvalue weighted by Gasteiger charge is -2.40. The van der Waals surface area contributed by atoms with E-state index in [1.807, 2.05) is 30.0 Å². The highest BCUT2D eigenvalue weighted by Crippen LogP contribution is 2.38. The van der Waals surface area contributed by atoms with Gasteiger partial charge in [0.2, 0.25) is 0 Å². The molecule has 1 fully saturated rings. The summed E-state index contributed by atoms with van der Waals surface area (Å²) < 4.78 is 5.44. The monoisotopic (exact) mass is 447 g/mol. The molecular weight excluding hydrogens is 414 g/mol. The van der Waals surface area contributed by atoms with Crippen LogP contribution in [0.1, 0.15) is 61.5 Å². The van der Waals surface area contributed by atoms with Crippen molar-refractivity contribution >= 4 is 11.9 Å². The molecule has 0 unspecified atom stereocenters. The number of piperidine rings is 1. The predicted molar refractivity (Wildman–Crippen MR) is 129 cm³/mol. The zero-order valence-corrected chi connectivity index (χ0v) is 19.8. The number of hydrogen-bond donors (Lipinski definition) is 1. The van der Waals surface area contributed by atoms with Crippen molar-refractivity contribution in [1.29, 1.82) is 0 Å². The maximum absolute atomic E-state index is 13.0. The Kier molecular flexibility index (Phi) is 7.94. The molecule has 0 spiro atoms. The number of likely N-dealkylation sites (tertiary alicyclic amines) is 1. The van der Waals surface area contributed by atoms with Gasteiger partial charge < -0.3 is 14.7 Å². The molecule has 174 valence electrons. The number of benzene rings is 2. The summed E-state index contributed by atoms with van der Waals surface area (Å²) in [5, 5.41) is 9.74. The van der Waals surface area contributed by atoms with Crippen molar-refractivity contribution in [1.82, 2.24) is 4.90 Å². The fourth-order valence-electron chi connectivity index (χ4n) is 4.11. The minimum atomic E-state index is -1.06. The molecule has 1 saturated heterocycles. The van der Waals surface area contributed by atoms with Gasteiger partial charge in [-0.2, -0.15) is 0 Å². The predicted octanol–water partition coefficient (Wildman–Crippen LogP) is 4.23. The number of nitrogens with zero attached hydrogens (tertiary/aromatic N) is 1. The van der Waals surface area contributed by atoms with Gasteiger partial charge in [-0.3, -0.25) is 9.59 Å². The number of esters is 1. The highest BCUT2D eigenvalue weighted by molar-refractivity contribution is 5.94. The van der Waals surface area contributed by atoms with Crippen molar-refractivity contribution < 1.29 is 19.4 Å². The van der Waals surface area contributed by atoms with Gasteiger partial charge in [0.1, 0.15) is 5.60 Å². The third kappa shape index (κ3) is 6.69. The zero-order chi connectivity index (χ0) is 23.9. The number of carbonyl (C=O) groups is 2. The first-order valence-corrected chi connectivity index (χ1v) is 11.6. The van der Waals surface area contributed by atoms with E-state index in [1.54, 1.807) is 38.1 Å². The quantitative estimate of drug-likeness (QED) is 0.532. The van der Waals surface area contributed by atoms with Crippen LogP contribution in [0, 0.1) is 17.3 Å². The first-order chi connectivity index (χ1) is 15.7. The molecule has 1 aliphatic heterocycles. The van der Waals surface area contributed by atoms with E-state index in [0.29, 0.717) is 44.5 Å². The van der Waals surface area contributed by atoms with Crippen molar-refractivity contribution in [3.63, 3.8) is 0 Å². The maximum atomic E-state index is 13.0. The Bertz CT molecular complexity index is 1000. The van der Waals surface area contributed by atoms with Crippen LogP contribution in [0.2, 0.25) is 0 Å². The summed E-state index contributed by atoms with van der Waals surface area (Å²) in [6.45, 7) is 6.49. The third-order valence-electron chi connectivity index (χ3n) is 6.10. The summed E-state index contributed by atoms with van der Waals surface area (Å²) in [6.07, 6.45) is 2.71. The summed E-state index contributed by atoms with van der Waals surface area (Å²) in [7, 11) is 0. The molecule has 1 heterocycles. The second-order valence-electron chi connectivity index (χ2n) is 9.16. The van der Waals surface area contributed by atoms with Crippen molar-refractivity contribution in [3.8, 4) is 11.8 Å². The summed E-state index contributed by atoms with van der Waals surface area (Å²) in [5.74, 6) is 5.49. The van der Waals surface area contributed by atoms with Gasteiger partial charge in [0, 0.05) is 24.2 Å². The lowest BCUT2D eigenvalue weighted by atomic mass is 9.74. The number of hydrogen-bond acceptors (Lipinski definition) is 4. The van der Waals surface area contributed by atoms with Gasteiger partial charge in [-0.05, 0) is 76.3 Å². The lowest BCUT2D eigenvalue weighted by molar-refractivity contribution is -0.158. The van der Waals surface area contributed by atoms with E-state index in [-0.39, 0.29) is 11.9 Å². The summed E-state index contributed by atoms with van der Waals surface area (Å²) in [5.41, 5.74) is 0.923. The first kappa shape index (κ1) is 24.5. The maximum Gasteiger partial charge on any atom is 0.312 e. The van der Waals surface area contributed by atoms with Crippen LogP contribution < -0.4 is 0 Å². The molecule has 33 heavy (non-hydrogen) atoms. The average Bonchev–Trinajstić information content (AvgIpc) is 2.82. The van der Waals surface area contributed by atoms with E-state index in [4.69, 9.17) is 4.74 Å². The second kappa shape index (κ2) is 10.7. The van der Waals surface area contributed by atoms with Crippen molar-refractivity contribution in [2.45, 2.75) is 52.1 Å². The Balaban J connectivity index is 1.66. The number of carbonyl (C=O) groups excluding carboxylic acids is 2. The number of aliphatic hydroxyl groups is 1. The van der Waals surface area contributed by atoms with Crippen LogP contribution in [0.25, 0.3) is 0 Å². The first-order valence-electron chi connectivity index (χ1n) is 11.6. The summed E-state index contributed by atoms with van der Waals surface area (Å²) >= 11 is 0. The minimum Gasteiger partial charge on any atom is -0.466 e. The SMILES string of the molecule is CCOC(=O)C1(CCc2ccccc2)CCN(C(=O)c2ccc(C#CC(C)(C)O)cc2)CC1. The molecule has 0 aliphatic carbocycles. The van der Waals surface area contributed by atoms with Gasteiger partial charge in [-0.1, -0.05) is 42.2 Å². The number of ether oxygens (including phenoxy) is 1. The molecule has 2 aromatic rings. The molecular formula is C28H33NO4. The van der Waals surface area contributed by atoms with Gasteiger partial charge in [0.15, 0.2) is 0 Å². The Morgan fingerprint density at radius 2 is 1.70 bits per heavy atom. The fraction of sp³-hybridized carbons (Fsp3) is 0.429. The van der Waals surface area contributed by atoms with E-state index >= 15 is 0 Å². The number of aryl methyl sites for hydroxylation is 1. The average molecular weight is 448 g/mol. The molecule has 5 heteroatoms. The standard InChI is InChI=1S/C28H33NO4/c1-4-33-26(31)28(17-15-22-8-6-5-7-9-22)18-20-29(21-19-28)25(30)24-12-10-23(11-13-24)14-16-27(2,3)32/h5-13,32H,4,15,17-21H2,1-3H3. The molecule has 0 saturated carbocycles. The summed E-state index contributed by atoms with van der Waals surface area (Å²) in [4.78, 5) is 27.8. The van der Waals surface area contributed by atoms with Crippen LogP contribution in [0.3, 0.4) is 0 Å². The molecule has 2 aromatic carbocycles. The van der Waals surface area contributed by atoms with Crippen molar-refractivity contribution in [3.05, 3.63) is 71.3 Å². The Morgan fingerprint density at radius 3 is 2.27 bits per heavy atom. The molecule has 1 amide bonds. The Morgan fingerprint density at radius 1 is 1.06 bits per heavy atom. The van der Waals surface area contributed by atoms with E-state index in [2.05, 4.69) is 24.0 Å². The fourth-order valence-corrected chi connectivity index (χ4v) is 4.11. The molecule has 0 atom stereocenters. The second-order valence-corrected chi connectivity index (χ2v) is 9.16. The van der Waals surface area contributed by atoms with Crippen LogP contribution in [0.15, 0.2) is 54.6 Å². The summed E-state index contributed by atoms with van der Waals surface area (Å²) in [6, 6.07) is 17.3. The van der Waals surface area contributed by atoms with Gasteiger partial charge >= 0.3 is 5.97 Å². The van der Waals surface area contributed by atoms with Gasteiger partial charge in [0.05, 0.1) is 12.0 Å². The molecule has 0 aromatic heterocycles. The smallest absolute Gasteiger partial charge is 0.312 e. The van der Waals surface area contributed by atoms with Gasteiger partial charge in [-0.25, -0.2) is 0 Å². The Hall–Kier alpha value is -3.10. The largest absolute Gasteiger partial charge is 0.466 e. The lowest BCUT2D eigenvalue weighted by Crippen LogP contribution is -2.47. The molecule has 0 bridgehead atoms. The van der Waals surface area contributed by atoms with Crippen LogP contribution in [-0.4, -0.2) is 47.2 Å². The topological polar surface area (TPSA) is 66.8 Å². The van der Waals surface area contributed by atoms with Gasteiger partial charge in [-0.15, -0.1) is 0 Å². The Labute approximate surface area is 196 Å². The molecule has 0 radical (unpaired) electrons. The molecule has 1 N–H and O–H groups in total. The van der Waals surface area contributed by atoms with Crippen LogP contribution in [0.4, 0.5) is 0 Å². The van der Waals surface area contributed by atoms with Crippen LogP contribution in [-0.2, 0) is 16.0 Å². The molecule has 1 aliphatic rings. The highest BCUT2D eigenvalue weighted by Gasteiger charge is 2.43. The molecule has 5 nitrogen and oxygen atoms in total. The number of rotatable bonds is 6. The molecule has 3 rings (SSSR count). The highest BCUT2D eigenvalue weighted by atomic mass is 16.5. The van der Waals surface area contributed by atoms with E-state index < -0.39 is 11.0 Å². The van der Waals surface area contributed by atoms with Crippen LogP contribution >= 0.6 is 0 Å². The van der Waals surface area contributed by atoms with Gasteiger partial charge in [0.25, 0.3) is 5.91 Å². The normalized spacial score (nSPS) is 15.3. The number of amides is 1. The van der Waals surface area contributed by atoms with Crippen molar-refractivity contribution in [2.75, 3.05) is 19.7 Å². The van der Waals surface area contributed by atoms with Crippen LogP contribution in [0.5, 0.6) is 0 Å². The van der Waals surface area contributed by atoms with E-state index in [9.17, 15) is 14.7 Å². The third-order valence-corrected chi connectivity index (χ3v) is 6.10. The zero-order valence-electron chi connectivity index (χ0n) is 19.8.